The van der Waals surface area contributed by atoms with Crippen molar-refractivity contribution in [1.29, 1.82) is 0 Å². The average molecular weight is 399 g/mol. The molecule has 0 aliphatic carbocycles. The minimum Gasteiger partial charge on any atom is -0.354 e. The fourth-order valence-electron chi connectivity index (χ4n) is 3.08. The first-order valence-electron chi connectivity index (χ1n) is 10.3. The molecule has 0 aliphatic rings. The number of amides is 2. The average Bonchev–Trinajstić information content (AvgIpc) is 2.72. The van der Waals surface area contributed by atoms with Crippen LogP contribution in [0.25, 0.3) is 0 Å². The molecule has 0 fully saturated rings. The molecule has 5 heteroatoms. The summed E-state index contributed by atoms with van der Waals surface area (Å²) >= 11 is 0. The number of nitrogens with zero attached hydrogens (tertiary/aromatic N) is 1. The van der Waals surface area contributed by atoms with Crippen molar-refractivity contribution >= 4 is 11.8 Å². The van der Waals surface area contributed by atoms with Crippen LogP contribution in [-0.4, -0.2) is 29.3 Å². The van der Waals surface area contributed by atoms with E-state index in [9.17, 15) is 14.0 Å². The van der Waals surface area contributed by atoms with Crippen molar-refractivity contribution in [2.75, 3.05) is 6.54 Å². The molecule has 2 aromatic rings. The minimum absolute atomic E-state index is 0.0712. The first-order chi connectivity index (χ1) is 13.9. The number of halogens is 1. The molecule has 2 amide bonds. The van der Waals surface area contributed by atoms with Crippen molar-refractivity contribution in [3.8, 4) is 0 Å². The van der Waals surface area contributed by atoms with Gasteiger partial charge in [-0.05, 0) is 38.3 Å². The Morgan fingerprint density at radius 2 is 1.79 bits per heavy atom. The number of rotatable bonds is 10. The molecule has 0 unspecified atom stereocenters. The highest BCUT2D eigenvalue weighted by Gasteiger charge is 2.26. The highest BCUT2D eigenvalue weighted by molar-refractivity contribution is 5.87. The van der Waals surface area contributed by atoms with E-state index in [2.05, 4.69) is 12.2 Å². The Balaban J connectivity index is 2.11. The van der Waals surface area contributed by atoms with Gasteiger partial charge in [-0.2, -0.15) is 0 Å². The third kappa shape index (κ3) is 7.00. The minimum atomic E-state index is -0.669. The van der Waals surface area contributed by atoms with Crippen LogP contribution in [0.1, 0.15) is 49.8 Å². The van der Waals surface area contributed by atoms with Crippen molar-refractivity contribution in [2.24, 2.45) is 0 Å². The van der Waals surface area contributed by atoms with E-state index in [4.69, 9.17) is 0 Å². The second kappa shape index (κ2) is 11.3. The lowest BCUT2D eigenvalue weighted by atomic mass is 10.1. The molecule has 0 aromatic heterocycles. The first kappa shape index (κ1) is 22.6. The van der Waals surface area contributed by atoms with Crippen LogP contribution in [-0.2, 0) is 22.6 Å². The molecular weight excluding hydrogens is 367 g/mol. The summed E-state index contributed by atoms with van der Waals surface area (Å²) < 4.78 is 14.2. The van der Waals surface area contributed by atoms with E-state index in [0.29, 0.717) is 18.5 Å². The highest BCUT2D eigenvalue weighted by atomic mass is 19.1. The zero-order valence-electron chi connectivity index (χ0n) is 17.6. The second-order valence-electron chi connectivity index (χ2n) is 7.42. The topological polar surface area (TPSA) is 49.4 Å². The molecule has 2 aromatic carbocycles. The molecule has 2 rings (SSSR count). The maximum atomic E-state index is 14.2. The second-order valence-corrected chi connectivity index (χ2v) is 7.42. The molecule has 0 aliphatic heterocycles. The van der Waals surface area contributed by atoms with Crippen molar-refractivity contribution < 1.29 is 14.0 Å². The van der Waals surface area contributed by atoms with Gasteiger partial charge in [0.25, 0.3) is 0 Å². The zero-order valence-corrected chi connectivity index (χ0v) is 17.6. The Labute approximate surface area is 173 Å². The van der Waals surface area contributed by atoms with E-state index in [1.807, 2.05) is 31.2 Å². The van der Waals surface area contributed by atoms with E-state index < -0.39 is 6.04 Å². The monoisotopic (exact) mass is 398 g/mol. The summed E-state index contributed by atoms with van der Waals surface area (Å²) in [6.45, 7) is 6.41. The molecule has 29 heavy (non-hydrogen) atoms. The van der Waals surface area contributed by atoms with Crippen LogP contribution in [0.2, 0.25) is 0 Å². The molecule has 4 nitrogen and oxygen atoms in total. The molecule has 0 heterocycles. The number of carbonyl (C=O) groups excluding carboxylic acids is 2. The van der Waals surface area contributed by atoms with Crippen molar-refractivity contribution in [1.82, 2.24) is 10.2 Å². The van der Waals surface area contributed by atoms with Crippen molar-refractivity contribution in [3.05, 3.63) is 71.0 Å². The number of benzene rings is 2. The quantitative estimate of drug-likeness (QED) is 0.603. The van der Waals surface area contributed by atoms with Crippen molar-refractivity contribution in [2.45, 2.75) is 59.0 Å². The molecule has 1 N–H and O–H groups in total. The lowest BCUT2D eigenvalue weighted by Crippen LogP contribution is -2.48. The Morgan fingerprint density at radius 3 is 2.45 bits per heavy atom. The van der Waals surface area contributed by atoms with Gasteiger partial charge in [-0.25, -0.2) is 4.39 Å². The van der Waals surface area contributed by atoms with Crippen LogP contribution in [0.3, 0.4) is 0 Å². The van der Waals surface area contributed by atoms with Gasteiger partial charge in [0, 0.05) is 25.1 Å². The smallest absolute Gasteiger partial charge is 0.242 e. The summed E-state index contributed by atoms with van der Waals surface area (Å²) in [6.07, 6.45) is 2.71. The summed E-state index contributed by atoms with van der Waals surface area (Å²) in [5.74, 6) is -0.743. The molecule has 1 atom stereocenters. The predicted molar refractivity (Wildman–Crippen MR) is 114 cm³/mol. The Hall–Kier alpha value is -2.69. The number of carbonyl (C=O) groups is 2. The normalized spacial score (nSPS) is 11.7. The highest BCUT2D eigenvalue weighted by Crippen LogP contribution is 2.15. The lowest BCUT2D eigenvalue weighted by molar-refractivity contribution is -0.140. The van der Waals surface area contributed by atoms with E-state index in [0.717, 1.165) is 18.4 Å². The fraction of sp³-hybridized carbons (Fsp3) is 0.417. The number of hydrogen-bond donors (Lipinski definition) is 1. The molecule has 0 radical (unpaired) electrons. The van der Waals surface area contributed by atoms with Gasteiger partial charge in [0.15, 0.2) is 0 Å². The van der Waals surface area contributed by atoms with E-state index in [-0.39, 0.29) is 30.6 Å². The first-order valence-corrected chi connectivity index (χ1v) is 10.3. The van der Waals surface area contributed by atoms with E-state index >= 15 is 0 Å². The third-order valence-corrected chi connectivity index (χ3v) is 5.04. The summed E-state index contributed by atoms with van der Waals surface area (Å²) in [4.78, 5) is 27.0. The fourth-order valence-corrected chi connectivity index (χ4v) is 3.08. The summed E-state index contributed by atoms with van der Waals surface area (Å²) in [5, 5.41) is 2.87. The van der Waals surface area contributed by atoms with Crippen LogP contribution in [0.4, 0.5) is 4.39 Å². The van der Waals surface area contributed by atoms with Crippen molar-refractivity contribution in [3.63, 3.8) is 0 Å². The third-order valence-electron chi connectivity index (χ3n) is 5.04. The summed E-state index contributed by atoms with van der Waals surface area (Å²) in [7, 11) is 0. The van der Waals surface area contributed by atoms with Gasteiger partial charge in [0.1, 0.15) is 11.9 Å². The maximum absolute atomic E-state index is 14.2. The summed E-state index contributed by atoms with van der Waals surface area (Å²) in [5.41, 5.74) is 2.64. The molecular formula is C24H31FN2O2. The standard InChI is InChI=1S/C24H31FN2O2/c1-4-5-16-26-24(29)19(3)27(17-21-8-6-7-9-22(21)25)23(28)15-14-20-12-10-18(2)11-13-20/h6-13,19H,4-5,14-17H2,1-3H3,(H,26,29)/t19-/m0/s1. The van der Waals surface area contributed by atoms with E-state index in [1.165, 1.54) is 16.5 Å². The Kier molecular flexibility index (Phi) is 8.84. The van der Waals surface area contributed by atoms with E-state index in [1.54, 1.807) is 25.1 Å². The van der Waals surface area contributed by atoms with Gasteiger partial charge in [-0.15, -0.1) is 0 Å². The zero-order chi connectivity index (χ0) is 21.2. The number of nitrogens with one attached hydrogen (secondary N) is 1. The molecule has 0 saturated carbocycles. The number of aryl methyl sites for hydroxylation is 2. The Morgan fingerprint density at radius 1 is 1.10 bits per heavy atom. The number of unbranched alkanes of at least 4 members (excludes halogenated alkanes) is 1. The molecule has 0 bridgehead atoms. The van der Waals surface area contributed by atoms with Gasteiger partial charge < -0.3 is 10.2 Å². The van der Waals surface area contributed by atoms with Crippen LogP contribution < -0.4 is 5.32 Å². The van der Waals surface area contributed by atoms with Crippen LogP contribution >= 0.6 is 0 Å². The number of hydrogen-bond acceptors (Lipinski definition) is 2. The predicted octanol–water partition coefficient (Wildman–Crippen LogP) is 4.40. The van der Waals surface area contributed by atoms with Crippen LogP contribution in [0, 0.1) is 12.7 Å². The molecule has 0 spiro atoms. The maximum Gasteiger partial charge on any atom is 0.242 e. The Bertz CT molecular complexity index is 805. The van der Waals surface area contributed by atoms with Crippen LogP contribution in [0.15, 0.2) is 48.5 Å². The lowest BCUT2D eigenvalue weighted by Gasteiger charge is -2.29. The largest absolute Gasteiger partial charge is 0.354 e. The van der Waals surface area contributed by atoms with Gasteiger partial charge in [-0.3, -0.25) is 9.59 Å². The van der Waals surface area contributed by atoms with Gasteiger partial charge in [-0.1, -0.05) is 61.4 Å². The van der Waals surface area contributed by atoms with Gasteiger partial charge in [0.05, 0.1) is 0 Å². The van der Waals surface area contributed by atoms with Gasteiger partial charge in [0.2, 0.25) is 11.8 Å². The molecule has 0 saturated heterocycles. The SMILES string of the molecule is CCCCNC(=O)[C@H](C)N(Cc1ccccc1F)C(=O)CCc1ccc(C)cc1. The van der Waals surface area contributed by atoms with Crippen LogP contribution in [0.5, 0.6) is 0 Å². The summed E-state index contributed by atoms with van der Waals surface area (Å²) in [6, 6.07) is 13.7. The van der Waals surface area contributed by atoms with Gasteiger partial charge >= 0.3 is 0 Å². The molecule has 156 valence electrons.